The van der Waals surface area contributed by atoms with E-state index in [-0.39, 0.29) is 12.3 Å². The van der Waals surface area contributed by atoms with Crippen molar-refractivity contribution in [1.82, 2.24) is 5.01 Å². The summed E-state index contributed by atoms with van der Waals surface area (Å²) in [6.45, 7) is 0. The molecule has 2 aliphatic rings. The Morgan fingerprint density at radius 1 is 1.00 bits per heavy atom. The average molecular weight is 425 g/mol. The van der Waals surface area contributed by atoms with Crippen molar-refractivity contribution in [2.24, 2.45) is 5.10 Å². The molecule has 3 aromatic carbocycles. The molecule has 29 heavy (non-hydrogen) atoms. The van der Waals surface area contributed by atoms with Gasteiger partial charge in [-0.15, -0.1) is 0 Å². The van der Waals surface area contributed by atoms with Crippen molar-refractivity contribution in [3.63, 3.8) is 0 Å². The molecule has 6 heteroatoms. The molecule has 2 heterocycles. The van der Waals surface area contributed by atoms with E-state index in [0.717, 1.165) is 40.3 Å². The average Bonchev–Trinajstić information content (AvgIpc) is 3.19. The lowest BCUT2D eigenvalue weighted by Crippen LogP contribution is -2.33. The molecule has 2 atom stereocenters. The summed E-state index contributed by atoms with van der Waals surface area (Å²) in [5.41, 5.74) is 4.07. The Balaban J connectivity index is 1.58. The molecule has 4 nitrogen and oxygen atoms in total. The number of halogens is 2. The first-order chi connectivity index (χ1) is 14.1. The summed E-state index contributed by atoms with van der Waals surface area (Å²) in [7, 11) is 1.66. The molecule has 0 fully saturated rings. The van der Waals surface area contributed by atoms with Gasteiger partial charge in [-0.2, -0.15) is 5.10 Å². The first kappa shape index (κ1) is 18.3. The van der Waals surface area contributed by atoms with Gasteiger partial charge in [-0.25, -0.2) is 5.01 Å². The van der Waals surface area contributed by atoms with Crippen LogP contribution in [0.4, 0.5) is 0 Å². The third kappa shape index (κ3) is 3.33. The number of rotatable bonds is 3. The Labute approximate surface area is 179 Å². The second-order valence-electron chi connectivity index (χ2n) is 7.08. The maximum absolute atomic E-state index is 6.34. The molecular formula is C23H18Cl2N2O2. The van der Waals surface area contributed by atoms with E-state index in [2.05, 4.69) is 0 Å². The van der Waals surface area contributed by atoms with Gasteiger partial charge in [-0.05, 0) is 60.2 Å². The summed E-state index contributed by atoms with van der Waals surface area (Å²) in [5, 5.41) is 8.32. The van der Waals surface area contributed by atoms with Crippen LogP contribution in [0.3, 0.4) is 0 Å². The normalized spacial score (nSPS) is 19.8. The smallest absolute Gasteiger partial charge is 0.213 e. The minimum absolute atomic E-state index is 0.0403. The minimum atomic E-state index is -0.358. The SMILES string of the molecule is COc1ccc(C2=NN3[C@@H](c4cccc(Cl)c4)Oc4ccc(Cl)cc4[C@@H]3C2)cc1. The van der Waals surface area contributed by atoms with Crippen molar-refractivity contribution in [2.45, 2.75) is 18.7 Å². The van der Waals surface area contributed by atoms with E-state index < -0.39 is 0 Å². The van der Waals surface area contributed by atoms with Gasteiger partial charge in [0.2, 0.25) is 6.23 Å². The monoisotopic (exact) mass is 424 g/mol. The summed E-state index contributed by atoms with van der Waals surface area (Å²) < 4.78 is 11.6. The van der Waals surface area contributed by atoms with Gasteiger partial charge in [0.25, 0.3) is 0 Å². The maximum Gasteiger partial charge on any atom is 0.213 e. The second kappa shape index (κ2) is 7.29. The fourth-order valence-corrected chi connectivity index (χ4v) is 4.28. The molecule has 0 bridgehead atoms. The number of hydrogen-bond acceptors (Lipinski definition) is 4. The Morgan fingerprint density at radius 2 is 1.79 bits per heavy atom. The number of nitrogens with zero attached hydrogens (tertiary/aromatic N) is 2. The van der Waals surface area contributed by atoms with Crippen molar-refractivity contribution in [3.05, 3.63) is 93.5 Å². The predicted molar refractivity (Wildman–Crippen MR) is 115 cm³/mol. The van der Waals surface area contributed by atoms with Crippen LogP contribution in [-0.2, 0) is 0 Å². The number of methoxy groups -OCH3 is 1. The number of hydrazone groups is 1. The van der Waals surface area contributed by atoms with Gasteiger partial charge in [0.1, 0.15) is 11.5 Å². The van der Waals surface area contributed by atoms with Gasteiger partial charge in [0.05, 0.1) is 18.9 Å². The first-order valence-electron chi connectivity index (χ1n) is 9.34. The summed E-state index contributed by atoms with van der Waals surface area (Å²) in [6.07, 6.45) is 0.406. The van der Waals surface area contributed by atoms with Crippen LogP contribution in [0.2, 0.25) is 10.0 Å². The number of ether oxygens (including phenoxy) is 2. The fraction of sp³-hybridized carbons (Fsp3) is 0.174. The van der Waals surface area contributed by atoms with E-state index in [9.17, 15) is 0 Å². The largest absolute Gasteiger partial charge is 0.497 e. The van der Waals surface area contributed by atoms with Crippen molar-refractivity contribution in [2.75, 3.05) is 7.11 Å². The molecule has 0 saturated heterocycles. The summed E-state index contributed by atoms with van der Waals surface area (Å²) >= 11 is 12.5. The third-order valence-corrected chi connectivity index (χ3v) is 5.78. The Hall–Kier alpha value is -2.69. The zero-order chi connectivity index (χ0) is 20.0. The Morgan fingerprint density at radius 3 is 2.55 bits per heavy atom. The molecule has 0 unspecified atom stereocenters. The topological polar surface area (TPSA) is 34.1 Å². The standard InChI is InChI=1S/C23H18Cl2N2O2/c1-28-18-8-5-14(6-9-18)20-13-21-19-12-17(25)7-10-22(19)29-23(27(21)26-20)15-3-2-4-16(24)11-15/h2-12,21,23H,13H2,1H3/t21-,23+/m0/s1. The highest BCUT2D eigenvalue weighted by molar-refractivity contribution is 6.31. The number of benzene rings is 3. The van der Waals surface area contributed by atoms with E-state index >= 15 is 0 Å². The summed E-state index contributed by atoms with van der Waals surface area (Å²) in [5.74, 6) is 1.65. The molecule has 146 valence electrons. The maximum atomic E-state index is 6.34. The van der Waals surface area contributed by atoms with Crippen LogP contribution in [0.15, 0.2) is 71.8 Å². The molecule has 0 aliphatic carbocycles. The highest BCUT2D eigenvalue weighted by Gasteiger charge is 2.41. The van der Waals surface area contributed by atoms with Crippen molar-refractivity contribution in [1.29, 1.82) is 0 Å². The van der Waals surface area contributed by atoms with Crippen LogP contribution in [0, 0.1) is 0 Å². The van der Waals surface area contributed by atoms with Crippen molar-refractivity contribution in [3.8, 4) is 11.5 Å². The highest BCUT2D eigenvalue weighted by Crippen LogP contribution is 2.48. The van der Waals surface area contributed by atoms with Crippen LogP contribution in [0.25, 0.3) is 0 Å². The molecule has 0 aromatic heterocycles. The van der Waals surface area contributed by atoms with Crippen LogP contribution in [-0.4, -0.2) is 17.8 Å². The van der Waals surface area contributed by atoms with Gasteiger partial charge in [0.15, 0.2) is 0 Å². The van der Waals surface area contributed by atoms with E-state index in [0.29, 0.717) is 10.0 Å². The van der Waals surface area contributed by atoms with E-state index in [1.807, 2.05) is 71.7 Å². The quantitative estimate of drug-likeness (QED) is 0.498. The summed E-state index contributed by atoms with van der Waals surface area (Å²) in [6, 6.07) is 21.5. The van der Waals surface area contributed by atoms with Gasteiger partial charge in [-0.1, -0.05) is 35.3 Å². The van der Waals surface area contributed by atoms with Gasteiger partial charge in [0, 0.05) is 27.6 Å². The molecule has 5 rings (SSSR count). The van der Waals surface area contributed by atoms with Crippen molar-refractivity contribution >= 4 is 28.9 Å². The first-order valence-corrected chi connectivity index (χ1v) is 10.1. The predicted octanol–water partition coefficient (Wildman–Crippen LogP) is 6.24. The van der Waals surface area contributed by atoms with Crippen LogP contribution >= 0.6 is 23.2 Å². The molecular weight excluding hydrogens is 407 g/mol. The van der Waals surface area contributed by atoms with Gasteiger partial charge >= 0.3 is 0 Å². The van der Waals surface area contributed by atoms with Crippen LogP contribution in [0.5, 0.6) is 11.5 Å². The van der Waals surface area contributed by atoms with Crippen LogP contribution < -0.4 is 9.47 Å². The fourth-order valence-electron chi connectivity index (χ4n) is 3.90. The van der Waals surface area contributed by atoms with Gasteiger partial charge < -0.3 is 9.47 Å². The van der Waals surface area contributed by atoms with Crippen molar-refractivity contribution < 1.29 is 9.47 Å². The van der Waals surface area contributed by atoms with E-state index in [1.54, 1.807) is 7.11 Å². The third-order valence-electron chi connectivity index (χ3n) is 5.31. The lowest BCUT2D eigenvalue weighted by Gasteiger charge is -2.38. The molecule has 2 aliphatic heterocycles. The highest BCUT2D eigenvalue weighted by atomic mass is 35.5. The second-order valence-corrected chi connectivity index (χ2v) is 7.96. The van der Waals surface area contributed by atoms with E-state index in [1.165, 1.54) is 0 Å². The molecule has 0 amide bonds. The molecule has 0 radical (unpaired) electrons. The zero-order valence-electron chi connectivity index (χ0n) is 15.7. The number of fused-ring (bicyclic) bond motifs is 3. The lowest BCUT2D eigenvalue weighted by atomic mass is 9.96. The summed E-state index contributed by atoms with van der Waals surface area (Å²) in [4.78, 5) is 0. The molecule has 0 saturated carbocycles. The molecule has 3 aromatic rings. The molecule has 0 spiro atoms. The van der Waals surface area contributed by atoms with E-state index in [4.69, 9.17) is 37.8 Å². The molecule has 0 N–H and O–H groups in total. The lowest BCUT2D eigenvalue weighted by molar-refractivity contribution is -0.0190. The zero-order valence-corrected chi connectivity index (χ0v) is 17.2. The number of hydrogen-bond donors (Lipinski definition) is 0. The Kier molecular flexibility index (Phi) is 4.61. The minimum Gasteiger partial charge on any atom is -0.497 e. The van der Waals surface area contributed by atoms with Gasteiger partial charge in [-0.3, -0.25) is 0 Å². The van der Waals surface area contributed by atoms with Crippen LogP contribution in [0.1, 0.15) is 35.4 Å². The Bertz CT molecular complexity index is 1100.